The van der Waals surface area contributed by atoms with Gasteiger partial charge in [0, 0.05) is 25.7 Å². The van der Waals surface area contributed by atoms with E-state index >= 15 is 0 Å². The van der Waals surface area contributed by atoms with Crippen LogP contribution >= 0.6 is 0 Å². The topological polar surface area (TPSA) is 15.3 Å². The van der Waals surface area contributed by atoms with Crippen LogP contribution in [0.2, 0.25) is 0 Å². The predicted molar refractivity (Wildman–Crippen MR) is 71.8 cm³/mol. The van der Waals surface area contributed by atoms with E-state index in [9.17, 15) is 0 Å². The summed E-state index contributed by atoms with van der Waals surface area (Å²) in [6.45, 7) is 18.8. The van der Waals surface area contributed by atoms with Gasteiger partial charge in [-0.25, -0.2) is 0 Å². The van der Waals surface area contributed by atoms with Crippen molar-refractivity contribution in [2.24, 2.45) is 10.8 Å². The van der Waals surface area contributed by atoms with Crippen LogP contribution in [-0.4, -0.2) is 37.1 Å². The molecule has 0 spiro atoms. The molecule has 1 N–H and O–H groups in total. The fourth-order valence-corrected chi connectivity index (χ4v) is 2.50. The van der Waals surface area contributed by atoms with Gasteiger partial charge in [0.05, 0.1) is 0 Å². The fourth-order valence-electron chi connectivity index (χ4n) is 2.50. The van der Waals surface area contributed by atoms with Gasteiger partial charge in [0.15, 0.2) is 0 Å². The van der Waals surface area contributed by atoms with E-state index in [0.29, 0.717) is 16.9 Å². The molecule has 0 unspecified atom stereocenters. The fraction of sp³-hybridized carbons (Fsp3) is 1.00. The minimum absolute atomic E-state index is 0.380. The number of nitrogens with zero attached hydrogens (tertiary/aromatic N) is 1. The third kappa shape index (κ3) is 4.84. The van der Waals surface area contributed by atoms with E-state index in [4.69, 9.17) is 0 Å². The zero-order chi connectivity index (χ0) is 12.4. The first-order valence-electron chi connectivity index (χ1n) is 6.66. The Morgan fingerprint density at radius 1 is 1.31 bits per heavy atom. The molecule has 0 aromatic rings. The highest BCUT2D eigenvalue weighted by molar-refractivity contribution is 4.86. The Morgan fingerprint density at radius 3 is 2.38 bits per heavy atom. The van der Waals surface area contributed by atoms with Gasteiger partial charge in [-0.1, -0.05) is 41.5 Å². The summed E-state index contributed by atoms with van der Waals surface area (Å²) in [5.74, 6) is 0. The van der Waals surface area contributed by atoms with Gasteiger partial charge >= 0.3 is 0 Å². The molecule has 0 atom stereocenters. The maximum atomic E-state index is 3.55. The van der Waals surface area contributed by atoms with E-state index in [1.54, 1.807) is 0 Å². The molecule has 0 amide bonds. The molecule has 1 saturated heterocycles. The summed E-state index contributed by atoms with van der Waals surface area (Å²) >= 11 is 0. The van der Waals surface area contributed by atoms with Crippen LogP contribution in [-0.2, 0) is 0 Å². The summed E-state index contributed by atoms with van der Waals surface area (Å²) in [4.78, 5) is 2.63. The second kappa shape index (κ2) is 5.05. The van der Waals surface area contributed by atoms with Gasteiger partial charge in [0.1, 0.15) is 0 Å². The van der Waals surface area contributed by atoms with Crippen molar-refractivity contribution in [3.05, 3.63) is 0 Å². The SMILES string of the molecule is CC(C)NCC(C)(C)CN1CCC(C)(C)C1. The molecule has 0 radical (unpaired) electrons. The molecule has 0 saturated carbocycles. The molecule has 1 heterocycles. The molecule has 16 heavy (non-hydrogen) atoms. The number of rotatable bonds is 5. The number of hydrogen-bond acceptors (Lipinski definition) is 2. The van der Waals surface area contributed by atoms with Gasteiger partial charge in [-0.05, 0) is 23.8 Å². The largest absolute Gasteiger partial charge is 0.314 e. The van der Waals surface area contributed by atoms with Crippen LogP contribution in [0.4, 0.5) is 0 Å². The van der Waals surface area contributed by atoms with Crippen molar-refractivity contribution in [1.82, 2.24) is 10.2 Å². The van der Waals surface area contributed by atoms with Crippen molar-refractivity contribution in [2.75, 3.05) is 26.2 Å². The van der Waals surface area contributed by atoms with Crippen LogP contribution in [0.1, 0.15) is 48.0 Å². The van der Waals surface area contributed by atoms with Gasteiger partial charge in [-0.2, -0.15) is 0 Å². The van der Waals surface area contributed by atoms with Crippen molar-refractivity contribution in [1.29, 1.82) is 0 Å². The van der Waals surface area contributed by atoms with E-state index < -0.39 is 0 Å². The van der Waals surface area contributed by atoms with E-state index in [2.05, 4.69) is 51.8 Å². The first-order valence-corrected chi connectivity index (χ1v) is 6.66. The van der Waals surface area contributed by atoms with Gasteiger partial charge in [-0.15, -0.1) is 0 Å². The minimum Gasteiger partial charge on any atom is -0.314 e. The summed E-state index contributed by atoms with van der Waals surface area (Å²) in [6, 6.07) is 0.592. The quantitative estimate of drug-likeness (QED) is 0.775. The predicted octanol–water partition coefficient (Wildman–Crippen LogP) is 2.74. The van der Waals surface area contributed by atoms with Crippen LogP contribution in [0.5, 0.6) is 0 Å². The van der Waals surface area contributed by atoms with E-state index in [1.807, 2.05) is 0 Å². The van der Waals surface area contributed by atoms with Crippen molar-refractivity contribution in [3.63, 3.8) is 0 Å². The van der Waals surface area contributed by atoms with Crippen LogP contribution in [0.3, 0.4) is 0 Å². The van der Waals surface area contributed by atoms with Gasteiger partial charge < -0.3 is 10.2 Å². The molecule has 96 valence electrons. The highest BCUT2D eigenvalue weighted by Gasteiger charge is 2.32. The second-order valence-electron chi connectivity index (χ2n) is 7.32. The van der Waals surface area contributed by atoms with Gasteiger partial charge in [0.25, 0.3) is 0 Å². The molecule has 0 bridgehead atoms. The summed E-state index contributed by atoms with van der Waals surface area (Å²) in [5.41, 5.74) is 0.909. The Kier molecular flexibility index (Phi) is 4.42. The molecule has 1 fully saturated rings. The molecular weight excluding hydrogens is 196 g/mol. The first-order chi connectivity index (χ1) is 7.20. The van der Waals surface area contributed by atoms with Gasteiger partial charge in [0.2, 0.25) is 0 Å². The molecule has 1 aliphatic heterocycles. The van der Waals surface area contributed by atoms with E-state index in [-0.39, 0.29) is 0 Å². The third-order valence-electron chi connectivity index (χ3n) is 3.40. The second-order valence-corrected chi connectivity index (χ2v) is 7.32. The van der Waals surface area contributed by atoms with Crippen LogP contribution in [0, 0.1) is 10.8 Å². The Balaban J connectivity index is 2.35. The molecule has 1 rings (SSSR count). The lowest BCUT2D eigenvalue weighted by molar-refractivity contribution is 0.186. The van der Waals surface area contributed by atoms with Crippen LogP contribution in [0.15, 0.2) is 0 Å². The Morgan fingerprint density at radius 2 is 1.94 bits per heavy atom. The van der Waals surface area contributed by atoms with Crippen LogP contribution < -0.4 is 5.32 Å². The number of nitrogens with one attached hydrogen (secondary N) is 1. The monoisotopic (exact) mass is 226 g/mol. The highest BCUT2D eigenvalue weighted by Crippen LogP contribution is 2.30. The van der Waals surface area contributed by atoms with Crippen LogP contribution in [0.25, 0.3) is 0 Å². The zero-order valence-corrected chi connectivity index (χ0v) is 12.1. The standard InChI is InChI=1S/C14H30N2/c1-12(2)15-9-14(5,6)11-16-8-7-13(3,4)10-16/h12,15H,7-11H2,1-6H3. The third-order valence-corrected chi connectivity index (χ3v) is 3.40. The maximum Gasteiger partial charge on any atom is 0.00451 e. The lowest BCUT2D eigenvalue weighted by atomic mass is 9.91. The molecule has 0 aromatic carbocycles. The molecular formula is C14H30N2. The summed E-state index contributed by atoms with van der Waals surface area (Å²) in [5, 5.41) is 3.55. The molecule has 0 aromatic heterocycles. The summed E-state index contributed by atoms with van der Waals surface area (Å²) in [6.07, 6.45) is 1.35. The van der Waals surface area contributed by atoms with Gasteiger partial charge in [-0.3, -0.25) is 0 Å². The maximum absolute atomic E-state index is 3.55. The Labute approximate surface area is 102 Å². The molecule has 2 nitrogen and oxygen atoms in total. The summed E-state index contributed by atoms with van der Waals surface area (Å²) < 4.78 is 0. The number of hydrogen-bond donors (Lipinski definition) is 1. The molecule has 0 aliphatic carbocycles. The highest BCUT2D eigenvalue weighted by atomic mass is 15.2. The van der Waals surface area contributed by atoms with Crippen molar-refractivity contribution in [2.45, 2.75) is 54.0 Å². The molecule has 1 aliphatic rings. The van der Waals surface area contributed by atoms with Crippen molar-refractivity contribution >= 4 is 0 Å². The average molecular weight is 226 g/mol. The summed E-state index contributed by atoms with van der Waals surface area (Å²) in [7, 11) is 0. The molecule has 2 heteroatoms. The Hall–Kier alpha value is -0.0800. The van der Waals surface area contributed by atoms with E-state index in [1.165, 1.54) is 26.1 Å². The Bertz CT molecular complexity index is 219. The van der Waals surface area contributed by atoms with E-state index in [0.717, 1.165) is 6.54 Å². The lowest BCUT2D eigenvalue weighted by Gasteiger charge is -2.32. The minimum atomic E-state index is 0.380. The smallest absolute Gasteiger partial charge is 0.00451 e. The average Bonchev–Trinajstić information content (AvgIpc) is 2.41. The lowest BCUT2D eigenvalue weighted by Crippen LogP contribution is -2.41. The normalized spacial score (nSPS) is 21.9. The first kappa shape index (κ1) is 14.0. The van der Waals surface area contributed by atoms with Crippen molar-refractivity contribution in [3.8, 4) is 0 Å². The number of likely N-dealkylation sites (tertiary alicyclic amines) is 1. The van der Waals surface area contributed by atoms with Crippen molar-refractivity contribution < 1.29 is 0 Å². The zero-order valence-electron chi connectivity index (χ0n) is 12.1.